The Kier molecular flexibility index (Phi) is 8.78. The standard InChI is InChI=1S/C19H31N5.HI/c1-20-19(22-12-6-9-17-7-2-3-8-17)24-15-13-23(14-16-24)18-10-4-5-11-21-18;/h4-5,10-11,17H,2-3,6-9,12-16H2,1H3,(H,20,22);1H. The fraction of sp³-hybridized carbons (Fsp3) is 0.684. The summed E-state index contributed by atoms with van der Waals surface area (Å²) in [5, 5.41) is 3.56. The molecule has 2 fully saturated rings. The highest BCUT2D eigenvalue weighted by atomic mass is 127. The predicted molar refractivity (Wildman–Crippen MR) is 116 cm³/mol. The minimum atomic E-state index is 0. The van der Waals surface area contributed by atoms with Gasteiger partial charge in [-0.3, -0.25) is 4.99 Å². The van der Waals surface area contributed by atoms with E-state index in [4.69, 9.17) is 0 Å². The number of aromatic nitrogens is 1. The van der Waals surface area contributed by atoms with Crippen molar-refractivity contribution < 1.29 is 0 Å². The second-order valence-corrected chi connectivity index (χ2v) is 6.93. The van der Waals surface area contributed by atoms with E-state index in [0.29, 0.717) is 0 Å². The number of halogens is 1. The fourth-order valence-corrected chi connectivity index (χ4v) is 3.91. The number of anilines is 1. The summed E-state index contributed by atoms with van der Waals surface area (Å²) in [6.07, 6.45) is 10.3. The molecule has 1 aromatic rings. The van der Waals surface area contributed by atoms with Crippen molar-refractivity contribution in [1.82, 2.24) is 15.2 Å². The number of aliphatic imine (C=N–C) groups is 1. The van der Waals surface area contributed by atoms with Crippen LogP contribution < -0.4 is 10.2 Å². The molecule has 1 aliphatic carbocycles. The molecule has 0 bridgehead atoms. The van der Waals surface area contributed by atoms with Crippen molar-refractivity contribution in [2.75, 3.05) is 44.7 Å². The lowest BCUT2D eigenvalue weighted by molar-refractivity contribution is 0.370. The van der Waals surface area contributed by atoms with Gasteiger partial charge in [0.2, 0.25) is 0 Å². The van der Waals surface area contributed by atoms with Crippen LogP contribution in [0.1, 0.15) is 38.5 Å². The molecule has 1 N–H and O–H groups in total. The predicted octanol–water partition coefficient (Wildman–Crippen LogP) is 3.37. The van der Waals surface area contributed by atoms with Gasteiger partial charge in [0.25, 0.3) is 0 Å². The van der Waals surface area contributed by atoms with E-state index in [1.54, 1.807) is 0 Å². The summed E-state index contributed by atoms with van der Waals surface area (Å²) in [5.74, 6) is 3.12. The third-order valence-electron chi connectivity index (χ3n) is 5.31. The van der Waals surface area contributed by atoms with Crippen molar-refractivity contribution in [3.05, 3.63) is 24.4 Å². The van der Waals surface area contributed by atoms with Crippen LogP contribution in [0.2, 0.25) is 0 Å². The van der Waals surface area contributed by atoms with Gasteiger partial charge in [0, 0.05) is 46.0 Å². The lowest BCUT2D eigenvalue weighted by Gasteiger charge is -2.37. The monoisotopic (exact) mass is 457 g/mol. The van der Waals surface area contributed by atoms with E-state index >= 15 is 0 Å². The van der Waals surface area contributed by atoms with Crippen LogP contribution in [0.25, 0.3) is 0 Å². The Morgan fingerprint density at radius 2 is 1.96 bits per heavy atom. The zero-order chi connectivity index (χ0) is 16.6. The van der Waals surface area contributed by atoms with E-state index in [0.717, 1.165) is 50.4 Å². The topological polar surface area (TPSA) is 43.8 Å². The summed E-state index contributed by atoms with van der Waals surface area (Å²) in [5.41, 5.74) is 0. The Balaban J connectivity index is 0.00000225. The minimum absolute atomic E-state index is 0. The molecule has 0 amide bonds. The SMILES string of the molecule is CN=C(NCCCC1CCCC1)N1CCN(c2ccccn2)CC1.I. The number of nitrogens with one attached hydrogen (secondary N) is 1. The van der Waals surface area contributed by atoms with Gasteiger partial charge in [-0.05, 0) is 30.9 Å². The number of pyridine rings is 1. The Hall–Kier alpha value is -1.05. The molecule has 1 saturated heterocycles. The van der Waals surface area contributed by atoms with Gasteiger partial charge in [-0.2, -0.15) is 0 Å². The van der Waals surface area contributed by atoms with Crippen LogP contribution in [-0.4, -0.2) is 55.6 Å². The van der Waals surface area contributed by atoms with Crippen molar-refractivity contribution in [2.45, 2.75) is 38.5 Å². The van der Waals surface area contributed by atoms with E-state index in [-0.39, 0.29) is 24.0 Å². The minimum Gasteiger partial charge on any atom is -0.356 e. The number of rotatable bonds is 5. The molecule has 2 heterocycles. The van der Waals surface area contributed by atoms with E-state index in [9.17, 15) is 0 Å². The maximum absolute atomic E-state index is 4.48. The van der Waals surface area contributed by atoms with Gasteiger partial charge in [0.15, 0.2) is 5.96 Å². The van der Waals surface area contributed by atoms with Gasteiger partial charge in [-0.1, -0.05) is 31.7 Å². The summed E-state index contributed by atoms with van der Waals surface area (Å²) in [6, 6.07) is 6.11. The van der Waals surface area contributed by atoms with Crippen molar-refractivity contribution in [3.8, 4) is 0 Å². The molecule has 0 spiro atoms. The Morgan fingerprint density at radius 3 is 2.60 bits per heavy atom. The van der Waals surface area contributed by atoms with Gasteiger partial charge in [-0.25, -0.2) is 4.98 Å². The first-order chi connectivity index (χ1) is 11.9. The van der Waals surface area contributed by atoms with Crippen LogP contribution in [0, 0.1) is 5.92 Å². The van der Waals surface area contributed by atoms with Crippen LogP contribution >= 0.6 is 24.0 Å². The highest BCUT2D eigenvalue weighted by Crippen LogP contribution is 2.28. The molecule has 0 radical (unpaired) electrons. The first kappa shape index (κ1) is 20.3. The number of guanidine groups is 1. The van der Waals surface area contributed by atoms with Crippen LogP contribution in [0.5, 0.6) is 0 Å². The maximum Gasteiger partial charge on any atom is 0.193 e. The van der Waals surface area contributed by atoms with E-state index in [1.807, 2.05) is 19.3 Å². The van der Waals surface area contributed by atoms with Crippen LogP contribution in [0.15, 0.2) is 29.4 Å². The molecule has 1 saturated carbocycles. The fourth-order valence-electron chi connectivity index (χ4n) is 3.91. The number of nitrogens with zero attached hydrogens (tertiary/aromatic N) is 4. The van der Waals surface area contributed by atoms with Gasteiger partial charge < -0.3 is 15.1 Å². The van der Waals surface area contributed by atoms with Crippen molar-refractivity contribution in [3.63, 3.8) is 0 Å². The summed E-state index contributed by atoms with van der Waals surface area (Å²) in [7, 11) is 1.89. The van der Waals surface area contributed by atoms with Gasteiger partial charge in [0.1, 0.15) is 5.82 Å². The molecule has 0 atom stereocenters. The average molecular weight is 457 g/mol. The number of hydrogen-bond donors (Lipinski definition) is 1. The Bertz CT molecular complexity index is 508. The third-order valence-corrected chi connectivity index (χ3v) is 5.31. The van der Waals surface area contributed by atoms with Crippen LogP contribution in [-0.2, 0) is 0 Å². The largest absolute Gasteiger partial charge is 0.356 e. The lowest BCUT2D eigenvalue weighted by atomic mass is 10.0. The second kappa shape index (κ2) is 10.8. The lowest BCUT2D eigenvalue weighted by Crippen LogP contribution is -2.52. The third kappa shape index (κ3) is 6.01. The normalized spacial score (nSPS) is 19.0. The smallest absolute Gasteiger partial charge is 0.193 e. The summed E-state index contributed by atoms with van der Waals surface area (Å²) < 4.78 is 0. The highest BCUT2D eigenvalue weighted by Gasteiger charge is 2.20. The van der Waals surface area contributed by atoms with Gasteiger partial charge >= 0.3 is 0 Å². The Morgan fingerprint density at radius 1 is 1.20 bits per heavy atom. The van der Waals surface area contributed by atoms with Crippen molar-refractivity contribution in [1.29, 1.82) is 0 Å². The second-order valence-electron chi connectivity index (χ2n) is 6.93. The highest BCUT2D eigenvalue weighted by molar-refractivity contribution is 14.0. The number of piperazine rings is 1. The molecule has 140 valence electrons. The van der Waals surface area contributed by atoms with Crippen molar-refractivity contribution >= 4 is 35.8 Å². The maximum atomic E-state index is 4.48. The summed E-state index contributed by atoms with van der Waals surface area (Å²) in [6.45, 7) is 5.04. The van der Waals surface area contributed by atoms with Gasteiger partial charge in [0.05, 0.1) is 0 Å². The molecule has 2 aliphatic rings. The first-order valence-corrected chi connectivity index (χ1v) is 9.48. The summed E-state index contributed by atoms with van der Waals surface area (Å²) >= 11 is 0. The average Bonchev–Trinajstić information content (AvgIpc) is 3.16. The molecule has 6 heteroatoms. The van der Waals surface area contributed by atoms with E-state index in [1.165, 1.54) is 38.5 Å². The summed E-state index contributed by atoms with van der Waals surface area (Å²) in [4.78, 5) is 13.6. The molecular formula is C19H32IN5. The van der Waals surface area contributed by atoms with E-state index < -0.39 is 0 Å². The van der Waals surface area contributed by atoms with Crippen LogP contribution in [0.3, 0.4) is 0 Å². The number of hydrogen-bond acceptors (Lipinski definition) is 3. The quantitative estimate of drug-likeness (QED) is 0.319. The van der Waals surface area contributed by atoms with Crippen molar-refractivity contribution in [2.24, 2.45) is 10.9 Å². The zero-order valence-electron chi connectivity index (χ0n) is 15.4. The molecule has 1 aliphatic heterocycles. The van der Waals surface area contributed by atoms with E-state index in [2.05, 4.69) is 37.2 Å². The molecule has 5 nitrogen and oxygen atoms in total. The van der Waals surface area contributed by atoms with Crippen LogP contribution in [0.4, 0.5) is 5.82 Å². The van der Waals surface area contributed by atoms with Gasteiger partial charge in [-0.15, -0.1) is 24.0 Å². The molecule has 0 aromatic carbocycles. The molecule has 1 aromatic heterocycles. The zero-order valence-corrected chi connectivity index (χ0v) is 17.7. The molecule has 0 unspecified atom stereocenters. The first-order valence-electron chi connectivity index (χ1n) is 9.48. The Labute approximate surface area is 169 Å². The molecular weight excluding hydrogens is 425 g/mol. The molecule has 25 heavy (non-hydrogen) atoms. The molecule has 3 rings (SSSR count).